The number of nitrogens with zero attached hydrogens (tertiary/aromatic N) is 1. The molecule has 110 valence electrons. The van der Waals surface area contributed by atoms with E-state index in [0.717, 1.165) is 0 Å². The molecule has 3 N–H and O–H groups in total. The van der Waals surface area contributed by atoms with E-state index in [9.17, 15) is 15.0 Å². The first-order valence-electron chi connectivity index (χ1n) is 6.00. The van der Waals surface area contributed by atoms with Crippen molar-refractivity contribution in [3.63, 3.8) is 0 Å². The van der Waals surface area contributed by atoms with Gasteiger partial charge in [-0.25, -0.2) is 4.98 Å². The Hall–Kier alpha value is -2.28. The van der Waals surface area contributed by atoms with Gasteiger partial charge in [-0.05, 0) is 17.7 Å². The Morgan fingerprint density at radius 1 is 1.33 bits per heavy atom. The molecule has 0 unspecified atom stereocenters. The molecule has 0 saturated carbocycles. The van der Waals surface area contributed by atoms with Crippen molar-refractivity contribution in [2.75, 3.05) is 12.4 Å². The Balaban J connectivity index is 2.08. The van der Waals surface area contributed by atoms with Crippen LogP contribution in [-0.2, 0) is 11.2 Å². The number of rotatable bonds is 4. The minimum Gasteiger partial charge on any atom is -0.506 e. The van der Waals surface area contributed by atoms with Gasteiger partial charge in [-0.3, -0.25) is 4.79 Å². The molecule has 2 rings (SSSR count). The van der Waals surface area contributed by atoms with Crippen molar-refractivity contribution in [3.8, 4) is 17.4 Å². The highest BCUT2D eigenvalue weighted by molar-refractivity contribution is 9.10. The maximum Gasteiger partial charge on any atom is 0.229 e. The highest BCUT2D eigenvalue weighted by Gasteiger charge is 2.13. The molecule has 0 fully saturated rings. The number of halogens is 1. The number of carbonyl (C=O) groups excluding carboxylic acids is 1. The van der Waals surface area contributed by atoms with Gasteiger partial charge < -0.3 is 20.3 Å². The van der Waals surface area contributed by atoms with E-state index in [4.69, 9.17) is 4.74 Å². The molecule has 0 aliphatic heterocycles. The van der Waals surface area contributed by atoms with Crippen LogP contribution >= 0.6 is 15.9 Å². The molecule has 1 aromatic heterocycles. The quantitative estimate of drug-likeness (QED) is 0.735. The first kappa shape index (κ1) is 15.1. The van der Waals surface area contributed by atoms with Crippen molar-refractivity contribution in [3.05, 3.63) is 40.5 Å². The van der Waals surface area contributed by atoms with Crippen molar-refractivity contribution < 1.29 is 19.7 Å². The molecule has 0 radical (unpaired) electrons. The second kappa shape index (κ2) is 6.45. The van der Waals surface area contributed by atoms with Gasteiger partial charge in [0.05, 0.1) is 13.5 Å². The predicted octanol–water partition coefficient (Wildman–Crippen LogP) is 2.45. The molecule has 0 aliphatic rings. The first-order chi connectivity index (χ1) is 9.99. The second-order valence-corrected chi connectivity index (χ2v) is 5.17. The van der Waals surface area contributed by atoms with Crippen LogP contribution in [-0.4, -0.2) is 28.2 Å². The monoisotopic (exact) mass is 352 g/mol. The van der Waals surface area contributed by atoms with Crippen LogP contribution in [0.1, 0.15) is 5.56 Å². The molecule has 6 nitrogen and oxygen atoms in total. The SMILES string of the molecule is COc1ccc(CC(=O)Nc2c(O)cc(Br)cc2O)cn1. The Morgan fingerprint density at radius 2 is 2.00 bits per heavy atom. The minimum atomic E-state index is -0.380. The fourth-order valence-electron chi connectivity index (χ4n) is 1.71. The van der Waals surface area contributed by atoms with Gasteiger partial charge in [0.2, 0.25) is 11.8 Å². The minimum absolute atomic E-state index is 0.0235. The molecule has 0 aliphatic carbocycles. The Bertz CT molecular complexity index is 636. The maximum atomic E-state index is 11.9. The maximum absolute atomic E-state index is 11.9. The number of amides is 1. The number of nitrogens with one attached hydrogen (secondary N) is 1. The number of pyridine rings is 1. The van der Waals surface area contributed by atoms with Crippen LogP contribution in [0, 0.1) is 0 Å². The fourth-order valence-corrected chi connectivity index (χ4v) is 2.15. The van der Waals surface area contributed by atoms with Crippen LogP contribution in [0.15, 0.2) is 34.9 Å². The summed E-state index contributed by atoms with van der Waals surface area (Å²) in [4.78, 5) is 15.9. The summed E-state index contributed by atoms with van der Waals surface area (Å²) in [6, 6.07) is 6.12. The molecule has 1 aromatic carbocycles. The number of anilines is 1. The molecule has 0 atom stereocenters. The van der Waals surface area contributed by atoms with Crippen LogP contribution in [0.25, 0.3) is 0 Å². The van der Waals surface area contributed by atoms with E-state index in [2.05, 4.69) is 26.2 Å². The highest BCUT2D eigenvalue weighted by atomic mass is 79.9. The van der Waals surface area contributed by atoms with Crippen LogP contribution < -0.4 is 10.1 Å². The van der Waals surface area contributed by atoms with Crippen molar-refractivity contribution in [1.82, 2.24) is 4.98 Å². The van der Waals surface area contributed by atoms with E-state index in [1.807, 2.05) is 0 Å². The van der Waals surface area contributed by atoms with Gasteiger partial charge in [-0.15, -0.1) is 0 Å². The molecule has 0 spiro atoms. The fraction of sp³-hybridized carbons (Fsp3) is 0.143. The number of phenolic OH excluding ortho intramolecular Hbond substituents is 2. The number of ether oxygens (including phenoxy) is 1. The first-order valence-corrected chi connectivity index (χ1v) is 6.79. The Morgan fingerprint density at radius 3 is 2.52 bits per heavy atom. The van der Waals surface area contributed by atoms with Gasteiger partial charge in [0.1, 0.15) is 17.2 Å². The van der Waals surface area contributed by atoms with E-state index in [0.29, 0.717) is 15.9 Å². The van der Waals surface area contributed by atoms with Gasteiger partial charge >= 0.3 is 0 Å². The molecule has 21 heavy (non-hydrogen) atoms. The van der Waals surface area contributed by atoms with Crippen molar-refractivity contribution >= 4 is 27.5 Å². The number of aromatic hydroxyl groups is 2. The Kier molecular flexibility index (Phi) is 4.64. The molecule has 0 bridgehead atoms. The largest absolute Gasteiger partial charge is 0.506 e. The lowest BCUT2D eigenvalue weighted by Gasteiger charge is -2.10. The summed E-state index contributed by atoms with van der Waals surface area (Å²) < 4.78 is 5.44. The smallest absolute Gasteiger partial charge is 0.229 e. The van der Waals surface area contributed by atoms with E-state index in [1.165, 1.54) is 25.4 Å². The summed E-state index contributed by atoms with van der Waals surface area (Å²) >= 11 is 3.13. The molecule has 1 heterocycles. The predicted molar refractivity (Wildman–Crippen MR) is 80.6 cm³/mol. The lowest BCUT2D eigenvalue weighted by atomic mass is 10.2. The number of benzene rings is 1. The van der Waals surface area contributed by atoms with Crippen molar-refractivity contribution in [2.24, 2.45) is 0 Å². The van der Waals surface area contributed by atoms with Crippen LogP contribution in [0.2, 0.25) is 0 Å². The number of hydrogen-bond acceptors (Lipinski definition) is 5. The van der Waals surface area contributed by atoms with Crippen molar-refractivity contribution in [1.29, 1.82) is 0 Å². The molecule has 1 amide bonds. The Labute approximate surface area is 129 Å². The van der Waals surface area contributed by atoms with Crippen LogP contribution in [0.3, 0.4) is 0 Å². The van der Waals surface area contributed by atoms with Gasteiger partial charge in [-0.2, -0.15) is 0 Å². The molecule has 2 aromatic rings. The van der Waals surface area contributed by atoms with E-state index < -0.39 is 0 Å². The lowest BCUT2D eigenvalue weighted by molar-refractivity contribution is -0.115. The van der Waals surface area contributed by atoms with Crippen molar-refractivity contribution in [2.45, 2.75) is 6.42 Å². The standard InChI is InChI=1S/C14H13BrN2O4/c1-21-13-3-2-8(7-16-13)4-12(20)17-14-10(18)5-9(15)6-11(14)19/h2-3,5-7,18-19H,4H2,1H3,(H,17,20). The van der Waals surface area contributed by atoms with Gasteiger partial charge in [-0.1, -0.05) is 22.0 Å². The molecule has 7 heteroatoms. The lowest BCUT2D eigenvalue weighted by Crippen LogP contribution is -2.14. The zero-order valence-electron chi connectivity index (χ0n) is 11.1. The topological polar surface area (TPSA) is 91.7 Å². The third kappa shape index (κ3) is 3.85. The summed E-state index contributed by atoms with van der Waals surface area (Å²) in [7, 11) is 1.51. The average Bonchev–Trinajstić information content (AvgIpc) is 2.43. The number of carbonyl (C=O) groups is 1. The summed E-state index contributed by atoms with van der Waals surface area (Å²) in [6.45, 7) is 0. The summed E-state index contributed by atoms with van der Waals surface area (Å²) in [5.41, 5.74) is 0.661. The number of aromatic nitrogens is 1. The van der Waals surface area contributed by atoms with Gasteiger partial charge in [0, 0.05) is 16.7 Å². The van der Waals surface area contributed by atoms with Crippen LogP contribution in [0.4, 0.5) is 5.69 Å². The summed E-state index contributed by atoms with van der Waals surface area (Å²) in [5, 5.41) is 21.9. The highest BCUT2D eigenvalue weighted by Crippen LogP contribution is 2.36. The number of phenols is 2. The van der Waals surface area contributed by atoms with Gasteiger partial charge in [0.25, 0.3) is 0 Å². The second-order valence-electron chi connectivity index (χ2n) is 4.25. The zero-order chi connectivity index (χ0) is 15.4. The van der Waals surface area contributed by atoms with E-state index in [-0.39, 0.29) is 29.5 Å². The van der Waals surface area contributed by atoms with E-state index >= 15 is 0 Å². The van der Waals surface area contributed by atoms with Gasteiger partial charge in [0.15, 0.2) is 0 Å². The molecular formula is C14H13BrN2O4. The number of methoxy groups -OCH3 is 1. The summed E-state index contributed by atoms with van der Waals surface area (Å²) in [5.74, 6) is -0.358. The van der Waals surface area contributed by atoms with Crippen LogP contribution in [0.5, 0.6) is 17.4 Å². The molecule has 0 saturated heterocycles. The normalized spacial score (nSPS) is 10.2. The average molecular weight is 353 g/mol. The third-order valence-corrected chi connectivity index (χ3v) is 3.16. The van der Waals surface area contributed by atoms with E-state index in [1.54, 1.807) is 12.1 Å². The summed E-state index contributed by atoms with van der Waals surface area (Å²) in [6.07, 6.45) is 1.59. The molecular weight excluding hydrogens is 340 g/mol. The number of hydrogen-bond donors (Lipinski definition) is 3. The zero-order valence-corrected chi connectivity index (χ0v) is 12.7. The third-order valence-electron chi connectivity index (χ3n) is 2.70.